The largest absolute Gasteiger partial charge is 0.343 e. The van der Waals surface area contributed by atoms with Gasteiger partial charge < -0.3 is 4.98 Å². The number of nitrogens with zero attached hydrogens (tertiary/aromatic N) is 4. The molecule has 8 heteroatoms. The van der Waals surface area contributed by atoms with Gasteiger partial charge in [0.15, 0.2) is 5.82 Å². The summed E-state index contributed by atoms with van der Waals surface area (Å²) in [6.07, 6.45) is 6.27. The summed E-state index contributed by atoms with van der Waals surface area (Å²) in [5, 5.41) is 0. The van der Waals surface area contributed by atoms with Crippen molar-refractivity contribution in [2.45, 2.75) is 25.7 Å². The third kappa shape index (κ3) is 3.17. The Hall–Kier alpha value is -1.80. The van der Waals surface area contributed by atoms with Crippen molar-refractivity contribution in [1.29, 1.82) is 0 Å². The molecule has 0 saturated carbocycles. The highest BCUT2D eigenvalue weighted by atomic mass is 32.2. The molecule has 1 N–H and O–H groups in total. The van der Waals surface area contributed by atoms with Crippen LogP contribution in [0.5, 0.6) is 0 Å². The molecule has 2 aromatic heterocycles. The minimum atomic E-state index is -3.10. The van der Waals surface area contributed by atoms with Crippen LogP contribution >= 0.6 is 0 Å². The molecule has 0 bridgehead atoms. The topological polar surface area (TPSA) is 91.8 Å². The predicted molar refractivity (Wildman–Crippen MR) is 82.7 cm³/mol. The van der Waals surface area contributed by atoms with E-state index in [0.717, 1.165) is 30.1 Å². The Morgan fingerprint density at radius 3 is 2.59 bits per heavy atom. The summed E-state index contributed by atoms with van der Waals surface area (Å²) in [6.45, 7) is 2.95. The Labute approximate surface area is 129 Å². The monoisotopic (exact) mass is 321 g/mol. The number of sulfonamides is 1. The van der Waals surface area contributed by atoms with Crippen LogP contribution in [-0.2, 0) is 10.0 Å². The third-order valence-corrected chi connectivity index (χ3v) is 5.24. The molecule has 0 radical (unpaired) electrons. The number of hydrogen-bond donors (Lipinski definition) is 1. The average Bonchev–Trinajstić information content (AvgIpc) is 3.00. The zero-order chi connectivity index (χ0) is 15.7. The minimum Gasteiger partial charge on any atom is -0.343 e. The van der Waals surface area contributed by atoms with Crippen molar-refractivity contribution in [1.82, 2.24) is 24.2 Å². The first kappa shape index (κ1) is 15.1. The molecule has 7 nitrogen and oxygen atoms in total. The van der Waals surface area contributed by atoms with E-state index in [1.807, 2.05) is 13.0 Å². The predicted octanol–water partition coefficient (Wildman–Crippen LogP) is 1.31. The molecular formula is C14H19N5O2S. The lowest BCUT2D eigenvalue weighted by Gasteiger charge is -2.30. The molecule has 3 rings (SSSR count). The number of aromatic nitrogens is 4. The maximum atomic E-state index is 11.6. The molecule has 1 fully saturated rings. The zero-order valence-electron chi connectivity index (χ0n) is 12.7. The number of rotatable bonds is 3. The zero-order valence-corrected chi connectivity index (χ0v) is 13.5. The van der Waals surface area contributed by atoms with E-state index < -0.39 is 10.0 Å². The van der Waals surface area contributed by atoms with Gasteiger partial charge in [0.1, 0.15) is 11.5 Å². The van der Waals surface area contributed by atoms with Crippen molar-refractivity contribution in [3.05, 3.63) is 30.0 Å². The normalized spacial score (nSPS) is 17.7. The van der Waals surface area contributed by atoms with Gasteiger partial charge in [0.25, 0.3) is 0 Å². The maximum absolute atomic E-state index is 11.6. The third-order valence-electron chi connectivity index (χ3n) is 3.94. The molecule has 0 aliphatic carbocycles. The number of piperidine rings is 1. The highest BCUT2D eigenvalue weighted by molar-refractivity contribution is 7.88. The molecule has 1 aliphatic rings. The molecule has 22 heavy (non-hydrogen) atoms. The van der Waals surface area contributed by atoms with Crippen LogP contribution in [0.1, 0.15) is 30.3 Å². The van der Waals surface area contributed by atoms with E-state index in [1.165, 1.54) is 10.6 Å². The summed E-state index contributed by atoms with van der Waals surface area (Å²) in [7, 11) is -3.10. The summed E-state index contributed by atoms with van der Waals surface area (Å²) < 4.78 is 24.7. The first-order chi connectivity index (χ1) is 10.4. The fourth-order valence-electron chi connectivity index (χ4n) is 2.81. The Morgan fingerprint density at radius 2 is 2.00 bits per heavy atom. The van der Waals surface area contributed by atoms with E-state index in [-0.39, 0.29) is 5.92 Å². The summed E-state index contributed by atoms with van der Waals surface area (Å²) >= 11 is 0. The van der Waals surface area contributed by atoms with Crippen molar-refractivity contribution in [3.8, 4) is 11.5 Å². The van der Waals surface area contributed by atoms with Gasteiger partial charge in [-0.05, 0) is 25.8 Å². The van der Waals surface area contributed by atoms with E-state index in [2.05, 4.69) is 19.9 Å². The lowest BCUT2D eigenvalue weighted by atomic mass is 9.94. The highest BCUT2D eigenvalue weighted by Crippen LogP contribution is 2.29. The number of aromatic amines is 1. The van der Waals surface area contributed by atoms with E-state index in [4.69, 9.17) is 0 Å². The second kappa shape index (κ2) is 5.77. The van der Waals surface area contributed by atoms with Gasteiger partial charge in [-0.15, -0.1) is 0 Å². The fraction of sp³-hybridized carbons (Fsp3) is 0.500. The van der Waals surface area contributed by atoms with Crippen molar-refractivity contribution in [2.75, 3.05) is 19.3 Å². The Bertz CT molecular complexity index is 750. The van der Waals surface area contributed by atoms with Crippen molar-refractivity contribution in [2.24, 2.45) is 0 Å². The van der Waals surface area contributed by atoms with Gasteiger partial charge in [0, 0.05) is 37.1 Å². The molecule has 2 aromatic rings. The maximum Gasteiger partial charge on any atom is 0.211 e. The smallest absolute Gasteiger partial charge is 0.211 e. The molecule has 1 saturated heterocycles. The molecule has 3 heterocycles. The number of hydrogen-bond acceptors (Lipinski definition) is 5. The lowest BCUT2D eigenvalue weighted by Crippen LogP contribution is -2.37. The average molecular weight is 321 g/mol. The van der Waals surface area contributed by atoms with Gasteiger partial charge in [0.05, 0.1) is 6.26 Å². The van der Waals surface area contributed by atoms with Gasteiger partial charge in [0.2, 0.25) is 10.0 Å². The summed E-state index contributed by atoms with van der Waals surface area (Å²) in [4.78, 5) is 16.2. The van der Waals surface area contributed by atoms with Gasteiger partial charge in [-0.1, -0.05) is 0 Å². The van der Waals surface area contributed by atoms with Crippen LogP contribution in [-0.4, -0.2) is 52.0 Å². The molecule has 118 valence electrons. The number of imidazole rings is 1. The Kier molecular flexibility index (Phi) is 3.96. The van der Waals surface area contributed by atoms with Crippen molar-refractivity contribution < 1.29 is 8.42 Å². The highest BCUT2D eigenvalue weighted by Gasteiger charge is 2.27. The molecule has 0 aromatic carbocycles. The van der Waals surface area contributed by atoms with E-state index in [0.29, 0.717) is 18.9 Å². The van der Waals surface area contributed by atoms with Crippen LogP contribution in [0.3, 0.4) is 0 Å². The number of H-pyrrole nitrogens is 1. The van der Waals surface area contributed by atoms with Crippen LogP contribution < -0.4 is 0 Å². The Morgan fingerprint density at radius 1 is 1.27 bits per heavy atom. The fourth-order valence-corrected chi connectivity index (χ4v) is 3.68. The van der Waals surface area contributed by atoms with Crippen LogP contribution in [0.4, 0.5) is 0 Å². The quantitative estimate of drug-likeness (QED) is 0.920. The first-order valence-corrected chi connectivity index (χ1v) is 9.09. The summed E-state index contributed by atoms with van der Waals surface area (Å²) in [5.41, 5.74) is 1.74. The molecule has 1 aliphatic heterocycles. The van der Waals surface area contributed by atoms with Crippen molar-refractivity contribution >= 4 is 10.0 Å². The Balaban J connectivity index is 1.82. The lowest BCUT2D eigenvalue weighted by molar-refractivity contribution is 0.318. The second-order valence-corrected chi connectivity index (χ2v) is 7.58. The van der Waals surface area contributed by atoms with Gasteiger partial charge in [-0.25, -0.2) is 27.7 Å². The molecule has 0 spiro atoms. The van der Waals surface area contributed by atoms with E-state index in [1.54, 1.807) is 12.4 Å². The van der Waals surface area contributed by atoms with Crippen molar-refractivity contribution in [3.63, 3.8) is 0 Å². The van der Waals surface area contributed by atoms with Gasteiger partial charge in [-0.3, -0.25) is 0 Å². The minimum absolute atomic E-state index is 0.258. The number of aryl methyl sites for hydroxylation is 1. The first-order valence-electron chi connectivity index (χ1n) is 7.24. The standard InChI is InChI=1S/C14H19N5O2S/c1-10-17-12(9-13(18-10)14-15-5-6-16-14)11-3-7-19(8-4-11)22(2,20)21/h5-6,9,11H,3-4,7-8H2,1-2H3,(H,15,16). The molecule has 0 unspecified atom stereocenters. The summed E-state index contributed by atoms with van der Waals surface area (Å²) in [5.74, 6) is 1.68. The van der Waals surface area contributed by atoms with E-state index in [9.17, 15) is 8.42 Å². The number of nitrogens with one attached hydrogen (secondary N) is 1. The molecule has 0 amide bonds. The molecule has 0 atom stereocenters. The summed E-state index contributed by atoms with van der Waals surface area (Å²) in [6, 6.07) is 1.95. The second-order valence-electron chi connectivity index (χ2n) is 5.60. The molecular weight excluding hydrogens is 302 g/mol. The van der Waals surface area contributed by atoms with E-state index >= 15 is 0 Å². The van der Waals surface area contributed by atoms with Gasteiger partial charge in [-0.2, -0.15) is 0 Å². The van der Waals surface area contributed by atoms with Crippen LogP contribution in [0.2, 0.25) is 0 Å². The van der Waals surface area contributed by atoms with Gasteiger partial charge >= 0.3 is 0 Å². The van der Waals surface area contributed by atoms with Crippen LogP contribution in [0.25, 0.3) is 11.5 Å². The SMILES string of the molecule is Cc1nc(-c2ncc[nH]2)cc(C2CCN(S(C)(=O)=O)CC2)n1. The van der Waals surface area contributed by atoms with Crippen LogP contribution in [0.15, 0.2) is 18.5 Å². The van der Waals surface area contributed by atoms with Crippen LogP contribution in [0, 0.1) is 6.92 Å².